The molecule has 1 spiro atoms. The van der Waals surface area contributed by atoms with Gasteiger partial charge in [-0.2, -0.15) is 13.2 Å². The minimum atomic E-state index is -4.52. The van der Waals surface area contributed by atoms with Gasteiger partial charge in [0.25, 0.3) is 0 Å². The standard InChI is InChI=1S/C25H18F3NO4/c26-25(27,28)16-6-2-1-5-15(16)13-29-19-8-4-3-7-17(19)24(23(29)30)14-33-20-12-22-21(11-18(20)24)31-9-10-32-22/h1-8,11-12H,9-10,13-14H2/t24-/m1/s1. The average Bonchev–Trinajstić information content (AvgIpc) is 3.29. The second-order valence-electron chi connectivity index (χ2n) is 8.25. The normalized spacial score (nSPS) is 20.6. The van der Waals surface area contributed by atoms with Crippen LogP contribution in [-0.2, 0) is 22.9 Å². The molecule has 0 aromatic heterocycles. The minimum absolute atomic E-state index is 0.0338. The van der Waals surface area contributed by atoms with E-state index in [9.17, 15) is 18.0 Å². The van der Waals surface area contributed by atoms with Crippen LogP contribution in [0.15, 0.2) is 60.7 Å². The largest absolute Gasteiger partial charge is 0.491 e. The van der Waals surface area contributed by atoms with E-state index in [-0.39, 0.29) is 24.6 Å². The lowest BCUT2D eigenvalue weighted by molar-refractivity contribution is -0.138. The topological polar surface area (TPSA) is 48.0 Å². The predicted octanol–water partition coefficient (Wildman–Crippen LogP) is 4.70. The highest BCUT2D eigenvalue weighted by Gasteiger charge is 2.57. The third-order valence-electron chi connectivity index (χ3n) is 6.46. The van der Waals surface area contributed by atoms with Gasteiger partial charge in [-0.15, -0.1) is 0 Å². The first kappa shape index (κ1) is 20.0. The number of halogens is 3. The van der Waals surface area contributed by atoms with Gasteiger partial charge in [-0.1, -0.05) is 36.4 Å². The number of benzene rings is 3. The summed E-state index contributed by atoms with van der Waals surface area (Å²) in [5.41, 5.74) is 0.0385. The summed E-state index contributed by atoms with van der Waals surface area (Å²) >= 11 is 0. The van der Waals surface area contributed by atoms with Gasteiger partial charge in [0.2, 0.25) is 5.91 Å². The number of carbonyl (C=O) groups excluding carboxylic acids is 1. The maximum atomic E-state index is 14.0. The Balaban J connectivity index is 1.48. The number of para-hydroxylation sites is 1. The summed E-state index contributed by atoms with van der Waals surface area (Å²) in [6.45, 7) is 0.668. The molecule has 0 saturated carbocycles. The number of hydrogen-bond donors (Lipinski definition) is 0. The third-order valence-corrected chi connectivity index (χ3v) is 6.46. The Morgan fingerprint density at radius 2 is 1.55 bits per heavy atom. The van der Waals surface area contributed by atoms with Crippen LogP contribution in [-0.4, -0.2) is 25.7 Å². The van der Waals surface area contributed by atoms with Crippen molar-refractivity contribution in [1.82, 2.24) is 0 Å². The molecule has 3 heterocycles. The summed E-state index contributed by atoms with van der Waals surface area (Å²) in [4.78, 5) is 15.4. The number of carbonyl (C=O) groups is 1. The molecule has 8 heteroatoms. The first-order valence-electron chi connectivity index (χ1n) is 10.5. The van der Waals surface area contributed by atoms with E-state index in [2.05, 4.69) is 0 Å². The SMILES string of the molecule is O=C1N(Cc2ccccc2C(F)(F)F)c2ccccc2[C@@]12COc1cc3c(cc12)OCCO3. The van der Waals surface area contributed by atoms with Crippen molar-refractivity contribution in [2.24, 2.45) is 0 Å². The van der Waals surface area contributed by atoms with Crippen molar-refractivity contribution in [2.75, 3.05) is 24.7 Å². The van der Waals surface area contributed by atoms with Gasteiger partial charge in [0.1, 0.15) is 31.0 Å². The molecule has 0 fully saturated rings. The Kier molecular flexibility index (Phi) is 4.18. The van der Waals surface area contributed by atoms with Crippen LogP contribution < -0.4 is 19.1 Å². The molecule has 6 rings (SSSR count). The second-order valence-corrected chi connectivity index (χ2v) is 8.25. The highest BCUT2D eigenvalue weighted by molar-refractivity contribution is 6.11. The molecule has 0 aliphatic carbocycles. The summed E-state index contributed by atoms with van der Waals surface area (Å²) in [7, 11) is 0. The first-order valence-corrected chi connectivity index (χ1v) is 10.5. The van der Waals surface area contributed by atoms with E-state index in [0.29, 0.717) is 47.3 Å². The van der Waals surface area contributed by atoms with Crippen LogP contribution in [0.25, 0.3) is 0 Å². The Bertz CT molecular complexity index is 1290. The zero-order valence-corrected chi connectivity index (χ0v) is 17.3. The fourth-order valence-electron chi connectivity index (χ4n) is 4.97. The van der Waals surface area contributed by atoms with E-state index in [1.807, 2.05) is 12.1 Å². The van der Waals surface area contributed by atoms with Gasteiger partial charge in [0.15, 0.2) is 11.5 Å². The van der Waals surface area contributed by atoms with Crippen LogP contribution in [0.3, 0.4) is 0 Å². The van der Waals surface area contributed by atoms with Crippen molar-refractivity contribution in [1.29, 1.82) is 0 Å². The molecule has 0 bridgehead atoms. The van der Waals surface area contributed by atoms with Crippen LogP contribution >= 0.6 is 0 Å². The zero-order chi connectivity index (χ0) is 22.8. The monoisotopic (exact) mass is 453 g/mol. The highest BCUT2D eigenvalue weighted by Crippen LogP contribution is 2.55. The summed E-state index contributed by atoms with van der Waals surface area (Å²) in [6, 6.07) is 16.0. The molecule has 3 aliphatic rings. The molecule has 1 atom stereocenters. The quantitative estimate of drug-likeness (QED) is 0.565. The highest BCUT2D eigenvalue weighted by atomic mass is 19.4. The molecule has 3 aromatic rings. The van der Waals surface area contributed by atoms with Gasteiger partial charge in [-0.3, -0.25) is 4.79 Å². The molecule has 5 nitrogen and oxygen atoms in total. The maximum Gasteiger partial charge on any atom is 0.416 e. The Morgan fingerprint density at radius 3 is 2.33 bits per heavy atom. The number of nitrogens with zero attached hydrogens (tertiary/aromatic N) is 1. The van der Waals surface area contributed by atoms with E-state index in [4.69, 9.17) is 14.2 Å². The molecular weight excluding hydrogens is 435 g/mol. The Labute approximate surface area is 187 Å². The van der Waals surface area contributed by atoms with E-state index in [0.717, 1.165) is 6.07 Å². The zero-order valence-electron chi connectivity index (χ0n) is 17.3. The number of ether oxygens (including phenoxy) is 3. The van der Waals surface area contributed by atoms with Gasteiger partial charge in [-0.25, -0.2) is 0 Å². The summed E-state index contributed by atoms with van der Waals surface area (Å²) in [5, 5.41) is 0. The molecule has 0 saturated heterocycles. The van der Waals surface area contributed by atoms with E-state index in [1.54, 1.807) is 30.3 Å². The summed E-state index contributed by atoms with van der Waals surface area (Å²) in [5.74, 6) is 1.26. The number of fused-ring (bicyclic) bond motifs is 5. The first-order chi connectivity index (χ1) is 15.9. The lowest BCUT2D eigenvalue weighted by Gasteiger charge is -2.25. The number of hydrogen-bond acceptors (Lipinski definition) is 4. The van der Waals surface area contributed by atoms with Crippen molar-refractivity contribution in [3.8, 4) is 17.2 Å². The smallest absolute Gasteiger partial charge is 0.416 e. The van der Waals surface area contributed by atoms with Crippen LogP contribution in [0.5, 0.6) is 17.2 Å². The fourth-order valence-corrected chi connectivity index (χ4v) is 4.97. The minimum Gasteiger partial charge on any atom is -0.491 e. The molecule has 3 aliphatic heterocycles. The molecule has 168 valence electrons. The molecule has 3 aromatic carbocycles. The van der Waals surface area contributed by atoms with Gasteiger partial charge in [0, 0.05) is 17.3 Å². The van der Waals surface area contributed by atoms with Crippen molar-refractivity contribution in [2.45, 2.75) is 18.1 Å². The number of anilines is 1. The lowest BCUT2D eigenvalue weighted by atomic mass is 9.77. The van der Waals surface area contributed by atoms with E-state index < -0.39 is 17.2 Å². The van der Waals surface area contributed by atoms with Gasteiger partial charge in [0.05, 0.1) is 12.1 Å². The number of alkyl halides is 3. The van der Waals surface area contributed by atoms with Crippen LogP contribution in [0.2, 0.25) is 0 Å². The third kappa shape index (κ3) is 2.83. The molecule has 33 heavy (non-hydrogen) atoms. The van der Waals surface area contributed by atoms with Gasteiger partial charge in [-0.05, 0) is 29.3 Å². The average molecular weight is 453 g/mol. The number of amides is 1. The molecule has 0 N–H and O–H groups in total. The molecule has 0 radical (unpaired) electrons. The van der Waals surface area contributed by atoms with Gasteiger partial charge < -0.3 is 19.1 Å². The predicted molar refractivity (Wildman–Crippen MR) is 113 cm³/mol. The summed E-state index contributed by atoms with van der Waals surface area (Å²) < 4.78 is 58.2. The van der Waals surface area contributed by atoms with Crippen molar-refractivity contribution >= 4 is 11.6 Å². The lowest BCUT2D eigenvalue weighted by Crippen LogP contribution is -2.42. The fraction of sp³-hybridized carbons (Fsp3) is 0.240. The van der Waals surface area contributed by atoms with Crippen LogP contribution in [0.1, 0.15) is 22.3 Å². The second kappa shape index (κ2) is 6.91. The maximum absolute atomic E-state index is 14.0. The molecular formula is C25H18F3NO4. The van der Waals surface area contributed by atoms with Crippen LogP contribution in [0, 0.1) is 0 Å². The molecule has 0 unspecified atom stereocenters. The summed E-state index contributed by atoms with van der Waals surface area (Å²) in [6.07, 6.45) is -4.52. The Morgan fingerprint density at radius 1 is 0.848 bits per heavy atom. The van der Waals surface area contributed by atoms with Gasteiger partial charge >= 0.3 is 6.18 Å². The Hall–Kier alpha value is -3.68. The van der Waals surface area contributed by atoms with Crippen molar-refractivity contribution in [3.63, 3.8) is 0 Å². The van der Waals surface area contributed by atoms with Crippen molar-refractivity contribution < 1.29 is 32.2 Å². The van der Waals surface area contributed by atoms with Crippen molar-refractivity contribution in [3.05, 3.63) is 82.9 Å². The number of rotatable bonds is 2. The van der Waals surface area contributed by atoms with Crippen LogP contribution in [0.4, 0.5) is 18.9 Å². The molecule has 1 amide bonds. The van der Waals surface area contributed by atoms with E-state index >= 15 is 0 Å². The van der Waals surface area contributed by atoms with E-state index in [1.165, 1.54) is 17.0 Å².